The minimum absolute atomic E-state index is 0.0591. The fourth-order valence-corrected chi connectivity index (χ4v) is 4.48. The molecule has 4 heterocycles. The van der Waals surface area contributed by atoms with Crippen LogP contribution in [0.3, 0.4) is 0 Å². The summed E-state index contributed by atoms with van der Waals surface area (Å²) in [5, 5.41) is 8.29. The molecule has 180 valence electrons. The Morgan fingerprint density at radius 3 is 2.76 bits per heavy atom. The predicted octanol–water partition coefficient (Wildman–Crippen LogP) is 3.11. The molecule has 2 saturated heterocycles. The number of amides is 1. The zero-order valence-electron chi connectivity index (χ0n) is 19.7. The van der Waals surface area contributed by atoms with Gasteiger partial charge in [0.2, 0.25) is 11.8 Å². The minimum Gasteiger partial charge on any atom is -0.493 e. The Bertz CT molecular complexity index is 1190. The summed E-state index contributed by atoms with van der Waals surface area (Å²) in [5.41, 5.74) is 2.39. The lowest BCUT2D eigenvalue weighted by Crippen LogP contribution is -2.26. The van der Waals surface area contributed by atoms with Gasteiger partial charge in [-0.05, 0) is 31.2 Å². The van der Waals surface area contributed by atoms with Gasteiger partial charge in [-0.25, -0.2) is 4.98 Å². The van der Waals surface area contributed by atoms with E-state index in [1.54, 1.807) is 11.8 Å². The Morgan fingerprint density at radius 1 is 1.21 bits per heavy atom. The van der Waals surface area contributed by atoms with Crippen LogP contribution in [0.15, 0.2) is 30.5 Å². The quantitative estimate of drug-likeness (QED) is 0.571. The first-order chi connectivity index (χ1) is 16.5. The maximum absolute atomic E-state index is 11.7. The van der Waals surface area contributed by atoms with Gasteiger partial charge in [0.15, 0.2) is 11.5 Å². The maximum Gasteiger partial charge on any atom is 0.225 e. The lowest BCUT2D eigenvalue weighted by atomic mass is 10.0. The van der Waals surface area contributed by atoms with E-state index in [0.717, 1.165) is 35.0 Å². The fourth-order valence-electron chi connectivity index (χ4n) is 4.48. The number of ether oxygens (including phenoxy) is 4. The van der Waals surface area contributed by atoms with Crippen molar-refractivity contribution in [2.24, 2.45) is 13.0 Å². The van der Waals surface area contributed by atoms with E-state index < -0.39 is 0 Å². The van der Waals surface area contributed by atoms with Crippen molar-refractivity contribution in [1.82, 2.24) is 20.1 Å². The number of carbonyl (C=O) groups is 1. The number of benzene rings is 1. The molecule has 2 atom stereocenters. The van der Waals surface area contributed by atoms with Gasteiger partial charge in [-0.3, -0.25) is 9.48 Å². The Morgan fingerprint density at radius 2 is 2.03 bits per heavy atom. The topological polar surface area (TPSA) is 96.7 Å². The summed E-state index contributed by atoms with van der Waals surface area (Å²) >= 11 is 0. The zero-order chi connectivity index (χ0) is 23.7. The van der Waals surface area contributed by atoms with Crippen molar-refractivity contribution >= 4 is 16.8 Å². The van der Waals surface area contributed by atoms with Crippen LogP contribution in [0.5, 0.6) is 17.4 Å². The lowest BCUT2D eigenvalue weighted by Gasteiger charge is -2.24. The van der Waals surface area contributed by atoms with Crippen molar-refractivity contribution in [2.75, 3.05) is 26.9 Å². The molecule has 34 heavy (non-hydrogen) atoms. The largest absolute Gasteiger partial charge is 0.493 e. The minimum atomic E-state index is -0.171. The molecule has 0 radical (unpaired) electrons. The van der Waals surface area contributed by atoms with E-state index in [9.17, 15) is 4.79 Å². The average molecular weight is 467 g/mol. The molecule has 0 spiro atoms. The standard InChI is InChI=1S/C25H30N4O5/c1-15(17-11-24(30)26-13-17)33-25-19-14-29(2)28-21(19)12-20(27-25)16-4-5-22(23(10-16)31-3)34-18-6-8-32-9-7-18/h4-5,10,12,14-15,17-18H,6-9,11,13H2,1-3H3,(H,26,30). The number of rotatable bonds is 7. The average Bonchev–Trinajstić information content (AvgIpc) is 3.45. The number of hydrogen-bond acceptors (Lipinski definition) is 7. The molecule has 9 heteroatoms. The zero-order valence-corrected chi connectivity index (χ0v) is 19.7. The summed E-state index contributed by atoms with van der Waals surface area (Å²) in [5.74, 6) is 2.03. The summed E-state index contributed by atoms with van der Waals surface area (Å²) in [6.45, 7) is 4.02. The lowest BCUT2D eigenvalue weighted by molar-refractivity contribution is -0.119. The summed E-state index contributed by atoms with van der Waals surface area (Å²) in [6, 6.07) is 7.77. The van der Waals surface area contributed by atoms with Crippen molar-refractivity contribution in [1.29, 1.82) is 0 Å². The third kappa shape index (κ3) is 4.65. The van der Waals surface area contributed by atoms with Crippen molar-refractivity contribution in [3.05, 3.63) is 30.5 Å². The molecular formula is C25H30N4O5. The molecular weight excluding hydrogens is 436 g/mol. The molecule has 1 N–H and O–H groups in total. The summed E-state index contributed by atoms with van der Waals surface area (Å²) in [6.07, 6.45) is 4.04. The van der Waals surface area contributed by atoms with Crippen LogP contribution in [-0.4, -0.2) is 59.7 Å². The molecule has 5 rings (SSSR count). The third-order valence-electron chi connectivity index (χ3n) is 6.47. The SMILES string of the molecule is COc1cc(-c2cc3nn(C)cc3c(OC(C)C3CNC(=O)C3)n2)ccc1OC1CCOCC1. The van der Waals surface area contributed by atoms with Gasteiger partial charge in [0, 0.05) is 50.5 Å². The highest BCUT2D eigenvalue weighted by atomic mass is 16.5. The Hall–Kier alpha value is -3.33. The molecule has 0 bridgehead atoms. The highest BCUT2D eigenvalue weighted by Crippen LogP contribution is 2.36. The van der Waals surface area contributed by atoms with Gasteiger partial charge >= 0.3 is 0 Å². The molecule has 2 aliphatic rings. The summed E-state index contributed by atoms with van der Waals surface area (Å²) in [4.78, 5) is 16.5. The number of nitrogens with one attached hydrogen (secondary N) is 1. The number of aryl methyl sites for hydroxylation is 1. The predicted molar refractivity (Wildman–Crippen MR) is 126 cm³/mol. The van der Waals surface area contributed by atoms with Gasteiger partial charge < -0.3 is 24.3 Å². The fraction of sp³-hybridized carbons (Fsp3) is 0.480. The second-order valence-corrected chi connectivity index (χ2v) is 8.93. The third-order valence-corrected chi connectivity index (χ3v) is 6.47. The number of pyridine rings is 1. The molecule has 0 aliphatic carbocycles. The van der Waals surface area contributed by atoms with Crippen LogP contribution in [-0.2, 0) is 16.6 Å². The van der Waals surface area contributed by atoms with Crippen molar-refractivity contribution in [2.45, 2.75) is 38.4 Å². The van der Waals surface area contributed by atoms with E-state index in [1.165, 1.54) is 0 Å². The van der Waals surface area contributed by atoms with Gasteiger partial charge in [0.25, 0.3) is 0 Å². The van der Waals surface area contributed by atoms with Crippen molar-refractivity contribution in [3.63, 3.8) is 0 Å². The molecule has 3 aromatic rings. The molecule has 0 saturated carbocycles. The van der Waals surface area contributed by atoms with E-state index >= 15 is 0 Å². The second-order valence-electron chi connectivity index (χ2n) is 8.93. The smallest absolute Gasteiger partial charge is 0.225 e. The maximum atomic E-state index is 11.7. The van der Waals surface area contributed by atoms with Gasteiger partial charge in [-0.1, -0.05) is 0 Å². The summed E-state index contributed by atoms with van der Waals surface area (Å²) in [7, 11) is 3.51. The van der Waals surface area contributed by atoms with Crippen LogP contribution in [0.2, 0.25) is 0 Å². The van der Waals surface area contributed by atoms with Gasteiger partial charge in [0.05, 0.1) is 36.9 Å². The number of hydrogen-bond donors (Lipinski definition) is 1. The molecule has 2 aliphatic heterocycles. The first kappa shape index (κ1) is 22.5. The van der Waals surface area contributed by atoms with Crippen LogP contribution in [0.4, 0.5) is 0 Å². The molecule has 1 amide bonds. The van der Waals surface area contributed by atoms with Crippen LogP contribution in [0.1, 0.15) is 26.2 Å². The van der Waals surface area contributed by atoms with Gasteiger partial charge in [0.1, 0.15) is 12.2 Å². The number of aromatic nitrogens is 3. The summed E-state index contributed by atoms with van der Waals surface area (Å²) < 4.78 is 25.3. The first-order valence-electron chi connectivity index (χ1n) is 11.7. The Kier molecular flexibility index (Phi) is 6.28. The molecule has 9 nitrogen and oxygen atoms in total. The van der Waals surface area contributed by atoms with E-state index in [4.69, 9.17) is 23.9 Å². The highest BCUT2D eigenvalue weighted by Gasteiger charge is 2.29. The number of nitrogens with zero attached hydrogens (tertiary/aromatic N) is 3. The second kappa shape index (κ2) is 9.50. The highest BCUT2D eigenvalue weighted by molar-refractivity contribution is 5.87. The van der Waals surface area contributed by atoms with E-state index in [1.807, 2.05) is 44.4 Å². The molecule has 1 aromatic carbocycles. The van der Waals surface area contributed by atoms with Gasteiger partial charge in [-0.15, -0.1) is 0 Å². The van der Waals surface area contributed by atoms with E-state index in [0.29, 0.717) is 43.6 Å². The van der Waals surface area contributed by atoms with Crippen LogP contribution >= 0.6 is 0 Å². The van der Waals surface area contributed by atoms with Crippen LogP contribution in [0, 0.1) is 5.92 Å². The van der Waals surface area contributed by atoms with Crippen molar-refractivity contribution in [3.8, 4) is 28.6 Å². The van der Waals surface area contributed by atoms with Gasteiger partial charge in [-0.2, -0.15) is 5.10 Å². The normalized spacial score (nSPS) is 19.7. The number of carbonyl (C=O) groups excluding carboxylic acids is 1. The molecule has 2 aromatic heterocycles. The molecule has 2 fully saturated rings. The van der Waals surface area contributed by atoms with Crippen LogP contribution in [0.25, 0.3) is 22.2 Å². The van der Waals surface area contributed by atoms with Crippen molar-refractivity contribution < 1.29 is 23.7 Å². The van der Waals surface area contributed by atoms with E-state index in [-0.39, 0.29) is 24.0 Å². The number of fused-ring (bicyclic) bond motifs is 1. The number of methoxy groups -OCH3 is 1. The monoisotopic (exact) mass is 466 g/mol. The Balaban J connectivity index is 1.45. The first-order valence-corrected chi connectivity index (χ1v) is 11.7. The van der Waals surface area contributed by atoms with Crippen LogP contribution < -0.4 is 19.5 Å². The Labute approximate surface area is 198 Å². The van der Waals surface area contributed by atoms with E-state index in [2.05, 4.69) is 10.4 Å². The molecule has 2 unspecified atom stereocenters.